The molecule has 0 saturated heterocycles. The molecule has 0 aromatic heterocycles. The second kappa shape index (κ2) is 7.13. The Balaban J connectivity index is 2.47. The zero-order valence-corrected chi connectivity index (χ0v) is 10.3. The molecule has 0 bridgehead atoms. The summed E-state index contributed by atoms with van der Waals surface area (Å²) in [5.74, 6) is 0.535. The topological polar surface area (TPSA) is 62.5 Å². The molecule has 0 aliphatic heterocycles. The minimum Gasteiger partial charge on any atom is -0.491 e. The van der Waals surface area contributed by atoms with Crippen molar-refractivity contribution in [1.82, 2.24) is 0 Å². The van der Waals surface area contributed by atoms with Gasteiger partial charge >= 0.3 is 0 Å². The molecule has 1 aromatic rings. The summed E-state index contributed by atoms with van der Waals surface area (Å²) in [5.41, 5.74) is 0.558. The van der Waals surface area contributed by atoms with Crippen LogP contribution in [0.25, 0.3) is 0 Å². The Morgan fingerprint density at radius 3 is 2.88 bits per heavy atom. The maximum Gasteiger partial charge on any atom is 0.141 e. The zero-order chi connectivity index (χ0) is 12.7. The van der Waals surface area contributed by atoms with Crippen molar-refractivity contribution >= 4 is 11.6 Å². The van der Waals surface area contributed by atoms with Crippen LogP contribution in [0.15, 0.2) is 18.2 Å². The number of hydrogen-bond acceptors (Lipinski definition) is 4. The first-order chi connectivity index (χ1) is 8.19. The van der Waals surface area contributed by atoms with Gasteiger partial charge < -0.3 is 14.6 Å². The van der Waals surface area contributed by atoms with Crippen LogP contribution in [-0.4, -0.2) is 24.4 Å². The molecule has 0 saturated carbocycles. The first-order valence-electron chi connectivity index (χ1n) is 5.21. The second-order valence-corrected chi connectivity index (χ2v) is 3.77. The molecule has 0 heterocycles. The van der Waals surface area contributed by atoms with Crippen molar-refractivity contribution in [3.63, 3.8) is 0 Å². The lowest BCUT2D eigenvalue weighted by Crippen LogP contribution is -2.13. The molecule has 5 heteroatoms. The van der Waals surface area contributed by atoms with Crippen LogP contribution in [0.2, 0.25) is 5.02 Å². The van der Waals surface area contributed by atoms with Crippen LogP contribution in [-0.2, 0) is 11.3 Å². The van der Waals surface area contributed by atoms with Gasteiger partial charge in [-0.15, -0.1) is 0 Å². The van der Waals surface area contributed by atoms with E-state index in [1.165, 1.54) is 0 Å². The van der Waals surface area contributed by atoms with E-state index in [4.69, 9.17) is 31.4 Å². The van der Waals surface area contributed by atoms with Gasteiger partial charge in [-0.2, -0.15) is 5.26 Å². The van der Waals surface area contributed by atoms with Gasteiger partial charge in [0.25, 0.3) is 0 Å². The fourth-order valence-corrected chi connectivity index (χ4v) is 1.47. The van der Waals surface area contributed by atoms with E-state index in [0.717, 1.165) is 0 Å². The molecule has 4 nitrogen and oxygen atoms in total. The summed E-state index contributed by atoms with van der Waals surface area (Å²) >= 11 is 5.90. The highest BCUT2D eigenvalue weighted by Gasteiger charge is 2.07. The van der Waals surface area contributed by atoms with Gasteiger partial charge in [-0.3, -0.25) is 0 Å². The number of nitriles is 1. The molecular weight excluding hydrogens is 242 g/mol. The van der Waals surface area contributed by atoms with E-state index in [2.05, 4.69) is 0 Å². The number of hydrogen-bond donors (Lipinski definition) is 1. The lowest BCUT2D eigenvalue weighted by molar-refractivity contribution is 0.0737. The summed E-state index contributed by atoms with van der Waals surface area (Å²) < 4.78 is 10.6. The molecule has 0 aliphatic carbocycles. The van der Waals surface area contributed by atoms with Crippen molar-refractivity contribution in [3.05, 3.63) is 28.8 Å². The standard InChI is InChI=1S/C12H14ClNO3/c1-9(7-14)16-5-6-17-12-4-2-3-11(13)10(12)8-15/h2-4,9,15H,5-6,8H2,1H3. The molecule has 92 valence electrons. The van der Waals surface area contributed by atoms with Gasteiger partial charge in [0, 0.05) is 10.6 Å². The maximum absolute atomic E-state index is 9.14. The summed E-state index contributed by atoms with van der Waals surface area (Å²) in [7, 11) is 0. The van der Waals surface area contributed by atoms with Crippen molar-refractivity contribution in [3.8, 4) is 11.8 Å². The van der Waals surface area contributed by atoms with Crippen molar-refractivity contribution in [2.75, 3.05) is 13.2 Å². The third kappa shape index (κ3) is 4.23. The number of aliphatic hydroxyl groups is 1. The first-order valence-corrected chi connectivity index (χ1v) is 5.59. The number of nitrogens with zero attached hydrogens (tertiary/aromatic N) is 1. The molecular formula is C12H14ClNO3. The van der Waals surface area contributed by atoms with E-state index in [9.17, 15) is 0 Å². The monoisotopic (exact) mass is 255 g/mol. The summed E-state index contributed by atoms with van der Waals surface area (Å²) in [5, 5.41) is 18.1. The van der Waals surface area contributed by atoms with Crippen molar-refractivity contribution < 1.29 is 14.6 Å². The van der Waals surface area contributed by atoms with E-state index in [0.29, 0.717) is 29.5 Å². The van der Waals surface area contributed by atoms with Crippen molar-refractivity contribution in [1.29, 1.82) is 5.26 Å². The van der Waals surface area contributed by atoms with Gasteiger partial charge in [-0.1, -0.05) is 17.7 Å². The van der Waals surface area contributed by atoms with Gasteiger partial charge in [0.05, 0.1) is 19.3 Å². The van der Waals surface area contributed by atoms with Gasteiger partial charge in [-0.05, 0) is 19.1 Å². The normalized spacial score (nSPS) is 11.9. The third-order valence-corrected chi connectivity index (χ3v) is 2.48. The van der Waals surface area contributed by atoms with Gasteiger partial charge in [0.15, 0.2) is 0 Å². The Morgan fingerprint density at radius 1 is 1.47 bits per heavy atom. The molecule has 1 atom stereocenters. The van der Waals surface area contributed by atoms with E-state index in [1.807, 2.05) is 6.07 Å². The van der Waals surface area contributed by atoms with Crippen LogP contribution in [0, 0.1) is 11.3 Å². The summed E-state index contributed by atoms with van der Waals surface area (Å²) in [6, 6.07) is 7.12. The number of rotatable bonds is 6. The molecule has 0 spiro atoms. The lowest BCUT2D eigenvalue weighted by Gasteiger charge is -2.11. The average Bonchev–Trinajstić information content (AvgIpc) is 2.34. The number of ether oxygens (including phenoxy) is 2. The fraction of sp³-hybridized carbons (Fsp3) is 0.417. The smallest absolute Gasteiger partial charge is 0.141 e. The molecule has 1 aromatic carbocycles. The van der Waals surface area contributed by atoms with Gasteiger partial charge in [0.2, 0.25) is 0 Å². The van der Waals surface area contributed by atoms with E-state index in [-0.39, 0.29) is 6.61 Å². The predicted molar refractivity (Wildman–Crippen MR) is 63.9 cm³/mol. The number of halogens is 1. The highest BCUT2D eigenvalue weighted by Crippen LogP contribution is 2.26. The summed E-state index contributed by atoms with van der Waals surface area (Å²) in [4.78, 5) is 0. The number of aliphatic hydroxyl groups excluding tert-OH is 1. The van der Waals surface area contributed by atoms with Gasteiger partial charge in [0.1, 0.15) is 18.5 Å². The van der Waals surface area contributed by atoms with E-state index >= 15 is 0 Å². The molecule has 1 N–H and O–H groups in total. The van der Waals surface area contributed by atoms with Gasteiger partial charge in [-0.25, -0.2) is 0 Å². The molecule has 1 rings (SSSR count). The Hall–Kier alpha value is -1.28. The van der Waals surface area contributed by atoms with E-state index in [1.54, 1.807) is 25.1 Å². The SMILES string of the molecule is CC(C#N)OCCOc1cccc(Cl)c1CO. The highest BCUT2D eigenvalue weighted by molar-refractivity contribution is 6.31. The molecule has 0 amide bonds. The molecule has 0 aliphatic rings. The highest BCUT2D eigenvalue weighted by atomic mass is 35.5. The minimum absolute atomic E-state index is 0.176. The third-order valence-electron chi connectivity index (χ3n) is 2.12. The Labute approximate surface area is 105 Å². The Morgan fingerprint density at radius 2 is 2.24 bits per heavy atom. The van der Waals surface area contributed by atoms with Crippen molar-refractivity contribution in [2.45, 2.75) is 19.6 Å². The fourth-order valence-electron chi connectivity index (χ4n) is 1.24. The number of benzene rings is 1. The Bertz CT molecular complexity index is 403. The van der Waals surface area contributed by atoms with Crippen LogP contribution >= 0.6 is 11.6 Å². The van der Waals surface area contributed by atoms with Crippen LogP contribution in [0.1, 0.15) is 12.5 Å². The summed E-state index contributed by atoms with van der Waals surface area (Å²) in [6.45, 7) is 2.11. The second-order valence-electron chi connectivity index (χ2n) is 3.37. The van der Waals surface area contributed by atoms with Crippen LogP contribution in [0.5, 0.6) is 5.75 Å². The minimum atomic E-state index is -0.449. The maximum atomic E-state index is 9.14. The molecule has 0 radical (unpaired) electrons. The molecule has 17 heavy (non-hydrogen) atoms. The lowest BCUT2D eigenvalue weighted by atomic mass is 10.2. The van der Waals surface area contributed by atoms with Crippen LogP contribution < -0.4 is 4.74 Å². The van der Waals surface area contributed by atoms with Crippen LogP contribution in [0.4, 0.5) is 0 Å². The van der Waals surface area contributed by atoms with E-state index < -0.39 is 6.10 Å². The molecule has 0 fully saturated rings. The van der Waals surface area contributed by atoms with Crippen LogP contribution in [0.3, 0.4) is 0 Å². The Kier molecular flexibility index (Phi) is 5.78. The first kappa shape index (κ1) is 13.8. The average molecular weight is 256 g/mol. The predicted octanol–water partition coefficient (Wildman–Crippen LogP) is 2.14. The largest absolute Gasteiger partial charge is 0.491 e. The summed E-state index contributed by atoms with van der Waals surface area (Å²) in [6.07, 6.45) is -0.449. The van der Waals surface area contributed by atoms with Crippen molar-refractivity contribution in [2.24, 2.45) is 0 Å². The quantitative estimate of drug-likeness (QED) is 0.791. The molecule has 1 unspecified atom stereocenters. The zero-order valence-electron chi connectivity index (χ0n) is 9.52.